The molecule has 0 amide bonds. The van der Waals surface area contributed by atoms with Crippen LogP contribution in [0, 0.1) is 0 Å². The molecular formula is C10H13Cl2NO. The smallest absolute Gasteiger partial charge is 0.0611 e. The second kappa shape index (κ2) is 4.49. The van der Waals surface area contributed by atoms with E-state index in [0.717, 1.165) is 5.56 Å². The number of aliphatic hydroxyl groups excluding tert-OH is 1. The zero-order valence-electron chi connectivity index (χ0n) is 7.93. The summed E-state index contributed by atoms with van der Waals surface area (Å²) in [5.74, 6) is 0. The Kier molecular flexibility index (Phi) is 3.78. The van der Waals surface area contributed by atoms with Crippen LogP contribution in [0.1, 0.15) is 12.5 Å². The molecule has 14 heavy (non-hydrogen) atoms. The number of aliphatic hydroxyl groups is 1. The van der Waals surface area contributed by atoms with E-state index in [1.165, 1.54) is 0 Å². The van der Waals surface area contributed by atoms with Gasteiger partial charge >= 0.3 is 0 Å². The van der Waals surface area contributed by atoms with Gasteiger partial charge in [-0.3, -0.25) is 0 Å². The number of nitrogens with two attached hydrogens (primary N) is 1. The molecule has 0 unspecified atom stereocenters. The van der Waals surface area contributed by atoms with Crippen molar-refractivity contribution in [2.45, 2.75) is 18.9 Å². The summed E-state index contributed by atoms with van der Waals surface area (Å²) in [7, 11) is 0. The van der Waals surface area contributed by atoms with Gasteiger partial charge < -0.3 is 10.8 Å². The van der Waals surface area contributed by atoms with Crippen LogP contribution in [0.15, 0.2) is 18.2 Å². The normalized spacial score (nSPS) is 15.2. The number of halogens is 2. The first kappa shape index (κ1) is 11.8. The van der Waals surface area contributed by atoms with Gasteiger partial charge in [0.15, 0.2) is 0 Å². The van der Waals surface area contributed by atoms with E-state index in [4.69, 9.17) is 34.0 Å². The van der Waals surface area contributed by atoms with Crippen LogP contribution in [-0.4, -0.2) is 17.3 Å². The fourth-order valence-corrected chi connectivity index (χ4v) is 1.49. The molecule has 4 heteroatoms. The summed E-state index contributed by atoms with van der Waals surface area (Å²) in [6.07, 6.45) is 0.570. The van der Waals surface area contributed by atoms with Crippen LogP contribution in [0.2, 0.25) is 10.0 Å². The van der Waals surface area contributed by atoms with Crippen LogP contribution in [0.25, 0.3) is 0 Å². The Hall–Kier alpha value is -0.280. The largest absolute Gasteiger partial charge is 0.394 e. The predicted octanol–water partition coefficient (Wildman–Crippen LogP) is 2.25. The molecule has 2 nitrogen and oxygen atoms in total. The number of rotatable bonds is 3. The Balaban J connectivity index is 2.83. The standard InChI is InChI=1S/C10H13Cl2NO/c1-10(13,6-14)5-7-2-3-8(11)9(12)4-7/h2-4,14H,5-6,13H2,1H3/t10-/m0/s1. The lowest BCUT2D eigenvalue weighted by atomic mass is 9.95. The zero-order valence-corrected chi connectivity index (χ0v) is 9.44. The van der Waals surface area contributed by atoms with Crippen LogP contribution in [0.4, 0.5) is 0 Å². The van der Waals surface area contributed by atoms with Crippen LogP contribution in [0.3, 0.4) is 0 Å². The molecule has 1 aromatic carbocycles. The molecule has 0 fully saturated rings. The molecule has 0 bridgehead atoms. The molecule has 1 atom stereocenters. The van der Waals surface area contributed by atoms with Crippen molar-refractivity contribution in [3.8, 4) is 0 Å². The van der Waals surface area contributed by atoms with Crippen molar-refractivity contribution in [2.75, 3.05) is 6.61 Å². The Morgan fingerprint density at radius 3 is 2.50 bits per heavy atom. The fraction of sp³-hybridized carbons (Fsp3) is 0.400. The highest BCUT2D eigenvalue weighted by Gasteiger charge is 2.17. The lowest BCUT2D eigenvalue weighted by molar-refractivity contribution is 0.208. The second-order valence-electron chi connectivity index (χ2n) is 3.74. The van der Waals surface area contributed by atoms with Crippen LogP contribution >= 0.6 is 23.2 Å². The van der Waals surface area contributed by atoms with Gasteiger partial charge in [0.1, 0.15) is 0 Å². The van der Waals surface area contributed by atoms with E-state index in [1.807, 2.05) is 6.07 Å². The molecule has 0 heterocycles. The third-order valence-electron chi connectivity index (χ3n) is 1.95. The molecule has 3 N–H and O–H groups in total. The number of benzene rings is 1. The van der Waals surface area contributed by atoms with Crippen LogP contribution in [-0.2, 0) is 6.42 Å². The van der Waals surface area contributed by atoms with Crippen molar-refractivity contribution >= 4 is 23.2 Å². The first-order chi connectivity index (χ1) is 6.44. The van der Waals surface area contributed by atoms with Crippen molar-refractivity contribution in [2.24, 2.45) is 5.73 Å². The minimum Gasteiger partial charge on any atom is -0.394 e. The van der Waals surface area contributed by atoms with Crippen LogP contribution < -0.4 is 5.73 Å². The Labute approximate surface area is 93.6 Å². The van der Waals surface area contributed by atoms with Gasteiger partial charge in [0.25, 0.3) is 0 Å². The van der Waals surface area contributed by atoms with Crippen molar-refractivity contribution in [3.05, 3.63) is 33.8 Å². The fourth-order valence-electron chi connectivity index (χ4n) is 1.17. The third-order valence-corrected chi connectivity index (χ3v) is 2.69. The molecule has 0 aromatic heterocycles. The topological polar surface area (TPSA) is 46.2 Å². The summed E-state index contributed by atoms with van der Waals surface area (Å²) in [6.45, 7) is 1.72. The molecule has 1 rings (SSSR count). The highest BCUT2D eigenvalue weighted by molar-refractivity contribution is 6.42. The van der Waals surface area contributed by atoms with E-state index in [2.05, 4.69) is 0 Å². The van der Waals surface area contributed by atoms with E-state index < -0.39 is 5.54 Å². The SMILES string of the molecule is C[C@@](N)(CO)Cc1ccc(Cl)c(Cl)c1. The molecule has 0 aliphatic carbocycles. The maximum atomic E-state index is 9.00. The Morgan fingerprint density at radius 2 is 2.00 bits per heavy atom. The van der Waals surface area contributed by atoms with Gasteiger partial charge in [0.05, 0.1) is 16.7 Å². The second-order valence-corrected chi connectivity index (χ2v) is 4.55. The summed E-state index contributed by atoms with van der Waals surface area (Å²) >= 11 is 11.6. The molecule has 0 radical (unpaired) electrons. The summed E-state index contributed by atoms with van der Waals surface area (Å²) in [4.78, 5) is 0. The third kappa shape index (κ3) is 3.14. The minimum absolute atomic E-state index is 0.0623. The summed E-state index contributed by atoms with van der Waals surface area (Å²) < 4.78 is 0. The Bertz CT molecular complexity index is 326. The quantitative estimate of drug-likeness (QED) is 0.842. The molecule has 1 aromatic rings. The van der Waals surface area contributed by atoms with E-state index in [1.54, 1.807) is 19.1 Å². The summed E-state index contributed by atoms with van der Waals surface area (Å²) in [5, 5.41) is 10.0. The van der Waals surface area contributed by atoms with Gasteiger partial charge in [-0.25, -0.2) is 0 Å². The van der Waals surface area contributed by atoms with E-state index >= 15 is 0 Å². The van der Waals surface area contributed by atoms with Crippen molar-refractivity contribution < 1.29 is 5.11 Å². The molecule has 0 saturated heterocycles. The highest BCUT2D eigenvalue weighted by Crippen LogP contribution is 2.24. The maximum absolute atomic E-state index is 9.00. The van der Waals surface area contributed by atoms with Gasteiger partial charge in [-0.2, -0.15) is 0 Å². The lowest BCUT2D eigenvalue weighted by Gasteiger charge is -2.21. The van der Waals surface area contributed by atoms with Gasteiger partial charge in [-0.15, -0.1) is 0 Å². The number of hydrogen-bond acceptors (Lipinski definition) is 2. The van der Waals surface area contributed by atoms with E-state index in [9.17, 15) is 0 Å². The molecule has 0 saturated carbocycles. The molecule has 0 spiro atoms. The van der Waals surface area contributed by atoms with Gasteiger partial charge in [0.2, 0.25) is 0 Å². The zero-order chi connectivity index (χ0) is 10.8. The van der Waals surface area contributed by atoms with E-state index in [-0.39, 0.29) is 6.61 Å². The average Bonchev–Trinajstić information content (AvgIpc) is 2.11. The first-order valence-corrected chi connectivity index (χ1v) is 5.04. The highest BCUT2D eigenvalue weighted by atomic mass is 35.5. The number of hydrogen-bond donors (Lipinski definition) is 2. The van der Waals surface area contributed by atoms with Crippen molar-refractivity contribution in [1.29, 1.82) is 0 Å². The molecule has 78 valence electrons. The van der Waals surface area contributed by atoms with Crippen LogP contribution in [0.5, 0.6) is 0 Å². The summed E-state index contributed by atoms with van der Waals surface area (Å²) in [6, 6.07) is 5.35. The van der Waals surface area contributed by atoms with Gasteiger partial charge in [-0.1, -0.05) is 29.3 Å². The summed E-state index contributed by atoms with van der Waals surface area (Å²) in [5.41, 5.74) is 6.17. The van der Waals surface area contributed by atoms with E-state index in [0.29, 0.717) is 16.5 Å². The maximum Gasteiger partial charge on any atom is 0.0611 e. The minimum atomic E-state index is -0.614. The molecular weight excluding hydrogens is 221 g/mol. The monoisotopic (exact) mass is 233 g/mol. The van der Waals surface area contributed by atoms with Gasteiger partial charge in [0, 0.05) is 5.54 Å². The molecule has 0 aliphatic rings. The lowest BCUT2D eigenvalue weighted by Crippen LogP contribution is -2.42. The first-order valence-electron chi connectivity index (χ1n) is 4.28. The van der Waals surface area contributed by atoms with Crippen molar-refractivity contribution in [3.63, 3.8) is 0 Å². The van der Waals surface area contributed by atoms with Crippen molar-refractivity contribution in [1.82, 2.24) is 0 Å². The predicted molar refractivity (Wildman–Crippen MR) is 59.8 cm³/mol. The molecule has 0 aliphatic heterocycles. The Morgan fingerprint density at radius 1 is 1.36 bits per heavy atom. The van der Waals surface area contributed by atoms with Gasteiger partial charge in [-0.05, 0) is 31.0 Å². The average molecular weight is 234 g/mol.